The smallest absolute Gasteiger partial charge is 0.261 e. The number of benzene rings is 2. The number of hydrogen-bond acceptors (Lipinski definition) is 4. The van der Waals surface area contributed by atoms with Crippen LogP contribution in [-0.2, 0) is 14.8 Å². The molecule has 0 bridgehead atoms. The molecule has 0 saturated carbocycles. The highest BCUT2D eigenvalue weighted by Gasteiger charge is 2.15. The summed E-state index contributed by atoms with van der Waals surface area (Å²) in [4.78, 5) is 23.4. The van der Waals surface area contributed by atoms with Gasteiger partial charge >= 0.3 is 0 Å². The van der Waals surface area contributed by atoms with Crippen molar-refractivity contribution in [1.29, 1.82) is 0 Å². The van der Waals surface area contributed by atoms with Gasteiger partial charge < -0.3 is 10.6 Å². The maximum Gasteiger partial charge on any atom is 0.261 e. The van der Waals surface area contributed by atoms with Gasteiger partial charge in [0.05, 0.1) is 11.4 Å². The van der Waals surface area contributed by atoms with E-state index in [0.717, 1.165) is 18.6 Å². The zero-order valence-electron chi connectivity index (χ0n) is 14.7. The van der Waals surface area contributed by atoms with Gasteiger partial charge in [0.15, 0.2) is 0 Å². The van der Waals surface area contributed by atoms with Gasteiger partial charge in [-0.3, -0.25) is 14.3 Å². The van der Waals surface area contributed by atoms with E-state index in [1.807, 2.05) is 6.92 Å². The summed E-state index contributed by atoms with van der Waals surface area (Å²) in [5, 5.41) is 5.09. The van der Waals surface area contributed by atoms with E-state index >= 15 is 0 Å². The van der Waals surface area contributed by atoms with E-state index in [2.05, 4.69) is 15.4 Å². The number of rotatable bonds is 8. The molecule has 0 radical (unpaired) electrons. The van der Waals surface area contributed by atoms with Crippen molar-refractivity contribution in [3.63, 3.8) is 0 Å². The molecule has 9 heteroatoms. The fraction of sp³-hybridized carbons (Fsp3) is 0.222. The Labute approximate surface area is 157 Å². The van der Waals surface area contributed by atoms with Crippen LogP contribution in [0.5, 0.6) is 0 Å². The van der Waals surface area contributed by atoms with Crippen LogP contribution < -0.4 is 15.4 Å². The number of anilines is 1. The number of halogens is 1. The Morgan fingerprint density at radius 1 is 0.963 bits per heavy atom. The second kappa shape index (κ2) is 9.13. The first-order valence-corrected chi connectivity index (χ1v) is 9.73. The summed E-state index contributed by atoms with van der Waals surface area (Å²) in [7, 11) is -3.87. The molecule has 0 aliphatic rings. The van der Waals surface area contributed by atoms with E-state index in [-0.39, 0.29) is 28.6 Å². The first kappa shape index (κ1) is 20.4. The molecule has 144 valence electrons. The molecule has 0 aliphatic carbocycles. The topological polar surface area (TPSA) is 104 Å². The third-order valence-corrected chi connectivity index (χ3v) is 4.90. The Hall–Kier alpha value is -2.94. The van der Waals surface area contributed by atoms with E-state index in [9.17, 15) is 22.4 Å². The molecule has 0 aromatic heterocycles. The minimum Gasteiger partial charge on any atom is -0.355 e. The molecule has 2 aromatic carbocycles. The molecule has 0 fully saturated rings. The van der Waals surface area contributed by atoms with Crippen LogP contribution in [0.3, 0.4) is 0 Å². The number of carbonyl (C=O) groups is 2. The molecular weight excluding hydrogens is 373 g/mol. The van der Waals surface area contributed by atoms with Gasteiger partial charge in [0.25, 0.3) is 15.9 Å². The average molecular weight is 393 g/mol. The summed E-state index contributed by atoms with van der Waals surface area (Å²) in [5.74, 6) is -1.26. The zero-order valence-corrected chi connectivity index (χ0v) is 15.5. The first-order valence-electron chi connectivity index (χ1n) is 8.25. The largest absolute Gasteiger partial charge is 0.355 e. The second-order valence-electron chi connectivity index (χ2n) is 5.67. The van der Waals surface area contributed by atoms with Crippen LogP contribution in [0.1, 0.15) is 23.7 Å². The van der Waals surface area contributed by atoms with Crippen molar-refractivity contribution in [3.8, 4) is 0 Å². The van der Waals surface area contributed by atoms with Gasteiger partial charge in [0.2, 0.25) is 5.91 Å². The monoisotopic (exact) mass is 393 g/mol. The van der Waals surface area contributed by atoms with Crippen LogP contribution in [0.15, 0.2) is 53.4 Å². The van der Waals surface area contributed by atoms with Gasteiger partial charge in [-0.15, -0.1) is 0 Å². The zero-order chi connectivity index (χ0) is 19.9. The minimum absolute atomic E-state index is 0.0518. The van der Waals surface area contributed by atoms with Crippen molar-refractivity contribution >= 4 is 27.5 Å². The summed E-state index contributed by atoms with van der Waals surface area (Å²) < 4.78 is 39.9. The van der Waals surface area contributed by atoms with E-state index in [1.54, 1.807) is 0 Å². The number of amides is 2. The van der Waals surface area contributed by atoms with E-state index in [4.69, 9.17) is 0 Å². The molecule has 0 heterocycles. The first-order chi connectivity index (χ1) is 12.8. The Balaban J connectivity index is 1.99. The van der Waals surface area contributed by atoms with Gasteiger partial charge in [0.1, 0.15) is 5.82 Å². The molecule has 7 nitrogen and oxygen atoms in total. The van der Waals surface area contributed by atoms with Gasteiger partial charge in [-0.05, 0) is 55.0 Å². The van der Waals surface area contributed by atoms with Crippen molar-refractivity contribution in [2.24, 2.45) is 0 Å². The van der Waals surface area contributed by atoms with Crippen LogP contribution in [0.25, 0.3) is 0 Å². The fourth-order valence-electron chi connectivity index (χ4n) is 2.11. The maximum atomic E-state index is 12.9. The predicted molar refractivity (Wildman–Crippen MR) is 99.3 cm³/mol. The van der Waals surface area contributed by atoms with E-state index in [1.165, 1.54) is 36.4 Å². The van der Waals surface area contributed by atoms with Gasteiger partial charge in [-0.1, -0.05) is 6.92 Å². The molecule has 2 amide bonds. The van der Waals surface area contributed by atoms with Crippen LogP contribution in [0, 0.1) is 5.82 Å². The summed E-state index contributed by atoms with van der Waals surface area (Å²) in [5.41, 5.74) is 0.440. The van der Waals surface area contributed by atoms with Crippen molar-refractivity contribution in [1.82, 2.24) is 10.6 Å². The van der Waals surface area contributed by atoms with Crippen molar-refractivity contribution in [3.05, 3.63) is 59.9 Å². The van der Waals surface area contributed by atoms with Gasteiger partial charge in [-0.25, -0.2) is 12.8 Å². The highest BCUT2D eigenvalue weighted by molar-refractivity contribution is 7.92. The van der Waals surface area contributed by atoms with Crippen molar-refractivity contribution in [2.45, 2.75) is 18.2 Å². The molecular formula is C18H20FN3O4S. The minimum atomic E-state index is -3.87. The average Bonchev–Trinajstić information content (AvgIpc) is 2.66. The molecule has 0 saturated heterocycles. The van der Waals surface area contributed by atoms with Crippen LogP contribution in [-0.4, -0.2) is 33.3 Å². The summed E-state index contributed by atoms with van der Waals surface area (Å²) in [6.07, 6.45) is 0.793. The van der Waals surface area contributed by atoms with E-state index < -0.39 is 21.7 Å². The Kier molecular flexibility index (Phi) is 6.89. The van der Waals surface area contributed by atoms with Crippen molar-refractivity contribution in [2.75, 3.05) is 17.8 Å². The highest BCUT2D eigenvalue weighted by Crippen LogP contribution is 2.17. The molecule has 0 atom stereocenters. The van der Waals surface area contributed by atoms with Crippen LogP contribution in [0.2, 0.25) is 0 Å². The molecule has 2 aromatic rings. The molecule has 3 N–H and O–H groups in total. The lowest BCUT2D eigenvalue weighted by Crippen LogP contribution is -2.37. The van der Waals surface area contributed by atoms with Gasteiger partial charge in [-0.2, -0.15) is 0 Å². The second-order valence-corrected chi connectivity index (χ2v) is 7.35. The predicted octanol–water partition coefficient (Wildman–Crippen LogP) is 1.88. The SMILES string of the molecule is CCCNC(=O)CNC(=O)c1ccc(S(=O)(=O)Nc2ccc(F)cc2)cc1. The third kappa shape index (κ3) is 6.07. The lowest BCUT2D eigenvalue weighted by molar-refractivity contribution is -0.120. The lowest BCUT2D eigenvalue weighted by Gasteiger charge is -2.09. The number of hydrogen-bond donors (Lipinski definition) is 3. The summed E-state index contributed by atoms with van der Waals surface area (Å²) in [6, 6.07) is 10.1. The third-order valence-electron chi connectivity index (χ3n) is 3.50. The molecule has 0 unspecified atom stereocenters. The summed E-state index contributed by atoms with van der Waals surface area (Å²) >= 11 is 0. The van der Waals surface area contributed by atoms with Crippen LogP contribution in [0.4, 0.5) is 10.1 Å². The molecule has 27 heavy (non-hydrogen) atoms. The normalized spacial score (nSPS) is 10.9. The lowest BCUT2D eigenvalue weighted by atomic mass is 10.2. The fourth-order valence-corrected chi connectivity index (χ4v) is 3.17. The highest BCUT2D eigenvalue weighted by atomic mass is 32.2. The number of sulfonamides is 1. The Morgan fingerprint density at radius 2 is 1.59 bits per heavy atom. The molecule has 0 spiro atoms. The molecule has 0 aliphatic heterocycles. The standard InChI is InChI=1S/C18H20FN3O4S/c1-2-11-20-17(23)12-21-18(24)13-3-9-16(10-4-13)27(25,26)22-15-7-5-14(19)6-8-15/h3-10,22H,2,11-12H2,1H3,(H,20,23)(H,21,24). The summed E-state index contributed by atoms with van der Waals surface area (Å²) in [6.45, 7) is 2.28. The maximum absolute atomic E-state index is 12.9. The quantitative estimate of drug-likeness (QED) is 0.637. The van der Waals surface area contributed by atoms with Crippen LogP contribution >= 0.6 is 0 Å². The number of nitrogens with one attached hydrogen (secondary N) is 3. The van der Waals surface area contributed by atoms with Crippen molar-refractivity contribution < 1.29 is 22.4 Å². The Bertz CT molecular complexity index is 897. The van der Waals surface area contributed by atoms with Gasteiger partial charge in [0, 0.05) is 17.8 Å². The van der Waals surface area contributed by atoms with E-state index in [0.29, 0.717) is 6.54 Å². The Morgan fingerprint density at radius 3 is 2.19 bits per heavy atom. The molecule has 2 rings (SSSR count). The number of carbonyl (C=O) groups excluding carboxylic acids is 2.